The summed E-state index contributed by atoms with van der Waals surface area (Å²) >= 11 is 0. The number of hydrogen-bond acceptors (Lipinski definition) is 6. The molecule has 1 aliphatic heterocycles. The molecule has 192 valence electrons. The van der Waals surface area contributed by atoms with Gasteiger partial charge in [-0.1, -0.05) is 12.1 Å². The minimum atomic E-state index is -5.06. The van der Waals surface area contributed by atoms with Crippen LogP contribution in [0.5, 0.6) is 11.5 Å². The second-order valence-corrected chi connectivity index (χ2v) is 7.67. The molecule has 0 radical (unpaired) electrons. The van der Waals surface area contributed by atoms with Gasteiger partial charge in [-0.2, -0.15) is 26.3 Å². The highest BCUT2D eigenvalue weighted by molar-refractivity contribution is 5.68. The molecular weight excluding hydrogens is 500 g/mol. The lowest BCUT2D eigenvalue weighted by Crippen LogP contribution is -2.17. The number of halogens is 6. The number of nitrogens with zero attached hydrogens (tertiary/aromatic N) is 3. The number of hydrogen-bond donors (Lipinski definition) is 1. The Bertz CT molecular complexity index is 1300. The Kier molecular flexibility index (Phi) is 6.32. The Balaban J connectivity index is 2.08. The fraction of sp³-hybridized carbons (Fsp3) is 0.318. The van der Waals surface area contributed by atoms with E-state index in [4.69, 9.17) is 14.2 Å². The Hall–Kier alpha value is -3.81. The highest BCUT2D eigenvalue weighted by atomic mass is 19.4. The van der Waals surface area contributed by atoms with Crippen molar-refractivity contribution in [1.29, 1.82) is 0 Å². The first-order valence-corrected chi connectivity index (χ1v) is 10.2. The van der Waals surface area contributed by atoms with Gasteiger partial charge in [0.15, 0.2) is 17.3 Å². The summed E-state index contributed by atoms with van der Waals surface area (Å²) < 4.78 is 99.4. The zero-order valence-electron chi connectivity index (χ0n) is 18.5. The molecule has 0 saturated heterocycles. The lowest BCUT2D eigenvalue weighted by atomic mass is 9.96. The molecule has 0 amide bonds. The van der Waals surface area contributed by atoms with E-state index >= 15 is 0 Å². The van der Waals surface area contributed by atoms with Crippen LogP contribution in [0.1, 0.15) is 47.0 Å². The summed E-state index contributed by atoms with van der Waals surface area (Å²) in [4.78, 5) is 11.6. The summed E-state index contributed by atoms with van der Waals surface area (Å²) in [5.74, 6) is -3.31. The van der Waals surface area contributed by atoms with Gasteiger partial charge in [-0.25, -0.2) is 0 Å². The van der Waals surface area contributed by atoms with E-state index in [0.29, 0.717) is 16.7 Å². The predicted molar refractivity (Wildman–Crippen MR) is 109 cm³/mol. The molecule has 2 heterocycles. The Morgan fingerprint density at radius 1 is 1.03 bits per heavy atom. The van der Waals surface area contributed by atoms with Gasteiger partial charge in [0.1, 0.15) is 12.2 Å². The number of fused-ring (bicyclic) bond motifs is 3. The molecule has 1 aliphatic rings. The zero-order valence-corrected chi connectivity index (χ0v) is 18.5. The third-order valence-corrected chi connectivity index (χ3v) is 5.48. The topological polar surface area (TPSA) is 95.7 Å². The second-order valence-electron chi connectivity index (χ2n) is 7.67. The van der Waals surface area contributed by atoms with E-state index in [0.717, 1.165) is 6.07 Å². The molecule has 0 aliphatic carbocycles. The van der Waals surface area contributed by atoms with Crippen LogP contribution in [0.2, 0.25) is 0 Å². The van der Waals surface area contributed by atoms with Crippen molar-refractivity contribution >= 4 is 5.97 Å². The average Bonchev–Trinajstić information content (AvgIpc) is 3.21. The molecule has 0 spiro atoms. The van der Waals surface area contributed by atoms with Gasteiger partial charge in [-0.05, 0) is 24.3 Å². The van der Waals surface area contributed by atoms with Gasteiger partial charge in [-0.3, -0.25) is 9.36 Å². The molecule has 1 aromatic heterocycles. The Morgan fingerprint density at radius 3 is 2.33 bits per heavy atom. The maximum absolute atomic E-state index is 13.8. The van der Waals surface area contributed by atoms with E-state index in [9.17, 15) is 36.2 Å². The fourth-order valence-corrected chi connectivity index (χ4v) is 4.03. The number of para-hydroxylation sites is 1. The number of alkyl halides is 6. The van der Waals surface area contributed by atoms with Gasteiger partial charge in [0.2, 0.25) is 5.82 Å². The lowest BCUT2D eigenvalue weighted by molar-refractivity contribution is -0.146. The maximum Gasteiger partial charge on any atom is 0.452 e. The van der Waals surface area contributed by atoms with Gasteiger partial charge in [0.05, 0.1) is 31.9 Å². The molecule has 3 aromatic rings. The summed E-state index contributed by atoms with van der Waals surface area (Å²) in [6.45, 7) is 0. The summed E-state index contributed by atoms with van der Waals surface area (Å²) in [6.07, 6.45) is -13.9. The molecule has 36 heavy (non-hydrogen) atoms. The van der Waals surface area contributed by atoms with Crippen molar-refractivity contribution in [2.45, 2.75) is 31.0 Å². The number of rotatable bonds is 5. The van der Waals surface area contributed by atoms with Crippen LogP contribution in [0.25, 0.3) is 5.69 Å². The van der Waals surface area contributed by atoms with Crippen molar-refractivity contribution in [1.82, 2.24) is 14.8 Å². The molecule has 0 saturated carbocycles. The monoisotopic (exact) mass is 517 g/mol. The van der Waals surface area contributed by atoms with Crippen molar-refractivity contribution in [3.63, 3.8) is 0 Å². The van der Waals surface area contributed by atoms with Gasteiger partial charge in [0.25, 0.3) is 0 Å². The van der Waals surface area contributed by atoms with E-state index in [1.54, 1.807) is 0 Å². The van der Waals surface area contributed by atoms with Crippen LogP contribution in [0, 0.1) is 0 Å². The van der Waals surface area contributed by atoms with E-state index in [1.807, 2.05) is 0 Å². The maximum atomic E-state index is 13.8. The first-order valence-electron chi connectivity index (χ1n) is 10.2. The third-order valence-electron chi connectivity index (χ3n) is 5.48. The van der Waals surface area contributed by atoms with Crippen LogP contribution < -0.4 is 9.47 Å². The number of carbonyl (C=O) groups is 1. The van der Waals surface area contributed by atoms with Gasteiger partial charge < -0.3 is 19.3 Å². The number of benzene rings is 2. The summed E-state index contributed by atoms with van der Waals surface area (Å²) in [5.41, 5.74) is -1.76. The molecule has 0 bridgehead atoms. The standard InChI is InChI=1S/C22H17F6N3O5/c1-34-14-5-3-4-11(18(14)35-2)17-12-8-10(21(23,24)25)6-7-13(12)31-19(15(36-17)9-16(32)33)29-30-20(31)22(26,27)28/h3-8,15,17H,9H2,1-2H3,(H,32,33). The molecular formula is C22H17F6N3O5. The normalized spacial score (nSPS) is 17.7. The summed E-state index contributed by atoms with van der Waals surface area (Å²) in [5, 5.41) is 16.1. The lowest BCUT2D eigenvalue weighted by Gasteiger charge is -2.25. The van der Waals surface area contributed by atoms with Crippen LogP contribution in [-0.2, 0) is 21.9 Å². The SMILES string of the molecule is COc1cccc(C2OC(CC(=O)O)c3nnc(C(F)(F)F)n3-c3ccc(C(F)(F)F)cc32)c1OC. The van der Waals surface area contributed by atoms with Crippen LogP contribution >= 0.6 is 0 Å². The molecule has 2 unspecified atom stereocenters. The number of methoxy groups -OCH3 is 2. The Morgan fingerprint density at radius 2 is 1.75 bits per heavy atom. The molecule has 2 aromatic carbocycles. The molecule has 2 atom stereocenters. The first-order chi connectivity index (χ1) is 16.9. The number of aromatic nitrogens is 3. The Labute approximate surface area is 199 Å². The van der Waals surface area contributed by atoms with Crippen LogP contribution in [0.3, 0.4) is 0 Å². The quantitative estimate of drug-likeness (QED) is 0.478. The van der Waals surface area contributed by atoms with Crippen LogP contribution in [0.15, 0.2) is 36.4 Å². The zero-order chi connectivity index (χ0) is 26.4. The summed E-state index contributed by atoms with van der Waals surface area (Å²) in [7, 11) is 2.58. The largest absolute Gasteiger partial charge is 0.493 e. The minimum Gasteiger partial charge on any atom is -0.493 e. The van der Waals surface area contributed by atoms with Crippen molar-refractivity contribution in [2.24, 2.45) is 0 Å². The molecule has 4 rings (SSSR count). The van der Waals surface area contributed by atoms with E-state index in [1.165, 1.54) is 32.4 Å². The third kappa shape index (κ3) is 4.43. The second kappa shape index (κ2) is 9.00. The number of carboxylic acid groups (broad SMARTS) is 1. The van der Waals surface area contributed by atoms with Gasteiger partial charge >= 0.3 is 18.3 Å². The van der Waals surface area contributed by atoms with E-state index in [2.05, 4.69) is 10.2 Å². The first kappa shape index (κ1) is 25.3. The van der Waals surface area contributed by atoms with Crippen LogP contribution in [0.4, 0.5) is 26.3 Å². The van der Waals surface area contributed by atoms with Crippen molar-refractivity contribution in [3.05, 3.63) is 64.7 Å². The number of carboxylic acids is 1. The van der Waals surface area contributed by atoms with Crippen LogP contribution in [-0.4, -0.2) is 40.1 Å². The van der Waals surface area contributed by atoms with Crippen molar-refractivity contribution < 1.29 is 50.5 Å². The smallest absolute Gasteiger partial charge is 0.452 e. The molecule has 1 N–H and O–H groups in total. The van der Waals surface area contributed by atoms with Crippen molar-refractivity contribution in [2.75, 3.05) is 14.2 Å². The summed E-state index contributed by atoms with van der Waals surface area (Å²) in [6, 6.07) is 6.49. The minimum absolute atomic E-state index is 0.0381. The van der Waals surface area contributed by atoms with Gasteiger partial charge in [-0.15, -0.1) is 10.2 Å². The fourth-order valence-electron chi connectivity index (χ4n) is 4.03. The van der Waals surface area contributed by atoms with Gasteiger partial charge in [0, 0.05) is 11.1 Å². The van der Waals surface area contributed by atoms with E-state index < -0.39 is 54.2 Å². The predicted octanol–water partition coefficient (Wildman–Crippen LogP) is 4.96. The molecule has 8 nitrogen and oxygen atoms in total. The highest BCUT2D eigenvalue weighted by Crippen LogP contribution is 2.48. The van der Waals surface area contributed by atoms with Crippen molar-refractivity contribution in [3.8, 4) is 17.2 Å². The van der Waals surface area contributed by atoms with E-state index in [-0.39, 0.29) is 28.3 Å². The molecule has 14 heteroatoms. The highest BCUT2D eigenvalue weighted by Gasteiger charge is 2.44. The number of aliphatic carboxylic acids is 1. The average molecular weight is 517 g/mol. The molecule has 0 fully saturated rings. The number of ether oxygens (including phenoxy) is 3.